The van der Waals surface area contributed by atoms with Crippen LogP contribution in [0.5, 0.6) is 0 Å². The van der Waals surface area contributed by atoms with Gasteiger partial charge < -0.3 is 5.32 Å². The molecule has 1 aromatic heterocycles. The van der Waals surface area contributed by atoms with Gasteiger partial charge in [-0.2, -0.15) is 5.26 Å². The van der Waals surface area contributed by atoms with Crippen molar-refractivity contribution in [3.8, 4) is 6.07 Å². The maximum atomic E-state index is 12.3. The summed E-state index contributed by atoms with van der Waals surface area (Å²) >= 11 is 3.58. The first-order chi connectivity index (χ1) is 12.1. The highest BCUT2D eigenvalue weighted by molar-refractivity contribution is 14.1. The Kier molecular flexibility index (Phi) is 5.97. The van der Waals surface area contributed by atoms with Crippen molar-refractivity contribution in [3.63, 3.8) is 0 Å². The molecule has 1 N–H and O–H groups in total. The molecule has 4 nitrogen and oxygen atoms in total. The van der Waals surface area contributed by atoms with Crippen LogP contribution in [0.15, 0.2) is 29.3 Å². The van der Waals surface area contributed by atoms with E-state index in [1.807, 2.05) is 31.2 Å². The zero-order valence-electron chi connectivity index (χ0n) is 13.9. The molecule has 1 aromatic carbocycles. The number of benzene rings is 1. The average molecular weight is 463 g/mol. The summed E-state index contributed by atoms with van der Waals surface area (Å²) in [5.74, 6) is 0.157. The molecule has 0 unspecified atom stereocenters. The number of aryl methyl sites for hydroxylation is 3. The molecule has 0 saturated carbocycles. The lowest BCUT2D eigenvalue weighted by Gasteiger charge is -2.16. The number of halogens is 1. The van der Waals surface area contributed by atoms with Crippen LogP contribution in [0, 0.1) is 21.8 Å². The second-order valence-electron chi connectivity index (χ2n) is 6.06. The van der Waals surface area contributed by atoms with Gasteiger partial charge in [-0.3, -0.25) is 4.79 Å². The van der Waals surface area contributed by atoms with Gasteiger partial charge in [-0.25, -0.2) is 4.98 Å². The standard InChI is InChI=1S/C19H18IN3OS/c1-12-8-15(20)6-7-16(12)22-18(24)11-25-19-14(10-21)9-13-4-2-3-5-17(13)23-19/h6-9H,2-5,11H2,1H3,(H,22,24). The Morgan fingerprint density at radius 1 is 1.36 bits per heavy atom. The number of pyridine rings is 1. The van der Waals surface area contributed by atoms with Gasteiger partial charge in [0.2, 0.25) is 5.91 Å². The molecule has 1 aliphatic carbocycles. The predicted molar refractivity (Wildman–Crippen MR) is 109 cm³/mol. The van der Waals surface area contributed by atoms with Gasteiger partial charge >= 0.3 is 0 Å². The summed E-state index contributed by atoms with van der Waals surface area (Å²) in [5.41, 5.74) is 4.71. The fourth-order valence-electron chi connectivity index (χ4n) is 2.89. The lowest BCUT2D eigenvalue weighted by atomic mass is 9.95. The van der Waals surface area contributed by atoms with Crippen molar-refractivity contribution in [3.05, 3.63) is 50.2 Å². The molecule has 0 saturated heterocycles. The predicted octanol–water partition coefficient (Wildman–Crippen LogP) is 4.48. The van der Waals surface area contributed by atoms with Crippen LogP contribution in [-0.2, 0) is 17.6 Å². The molecular formula is C19H18IN3OS. The van der Waals surface area contributed by atoms with E-state index in [4.69, 9.17) is 0 Å². The van der Waals surface area contributed by atoms with Crippen LogP contribution in [0.3, 0.4) is 0 Å². The SMILES string of the molecule is Cc1cc(I)ccc1NC(=O)CSc1nc2c(cc1C#N)CCCC2. The number of carbonyl (C=O) groups is 1. The third-order valence-electron chi connectivity index (χ3n) is 4.19. The van der Waals surface area contributed by atoms with Crippen molar-refractivity contribution >= 4 is 45.9 Å². The van der Waals surface area contributed by atoms with E-state index >= 15 is 0 Å². The molecule has 1 amide bonds. The summed E-state index contributed by atoms with van der Waals surface area (Å²) < 4.78 is 1.14. The number of hydrogen-bond acceptors (Lipinski definition) is 4. The Morgan fingerprint density at radius 3 is 2.92 bits per heavy atom. The minimum absolute atomic E-state index is 0.0854. The van der Waals surface area contributed by atoms with E-state index < -0.39 is 0 Å². The third kappa shape index (κ3) is 4.53. The molecule has 2 aromatic rings. The Morgan fingerprint density at radius 2 is 2.16 bits per heavy atom. The zero-order chi connectivity index (χ0) is 17.8. The number of rotatable bonds is 4. The second-order valence-corrected chi connectivity index (χ2v) is 8.27. The molecule has 0 spiro atoms. The Balaban J connectivity index is 1.68. The van der Waals surface area contributed by atoms with Gasteiger partial charge in [-0.15, -0.1) is 0 Å². The molecule has 0 bridgehead atoms. The third-order valence-corrected chi connectivity index (χ3v) is 5.85. The molecule has 1 heterocycles. The van der Waals surface area contributed by atoms with E-state index in [-0.39, 0.29) is 11.7 Å². The van der Waals surface area contributed by atoms with Crippen LogP contribution in [0.25, 0.3) is 0 Å². The fraction of sp³-hybridized carbons (Fsp3) is 0.316. The monoisotopic (exact) mass is 463 g/mol. The average Bonchev–Trinajstić information content (AvgIpc) is 2.61. The minimum atomic E-state index is -0.0854. The van der Waals surface area contributed by atoms with E-state index in [1.54, 1.807) is 0 Å². The number of nitrogens with one attached hydrogen (secondary N) is 1. The van der Waals surface area contributed by atoms with Crippen molar-refractivity contribution in [2.45, 2.75) is 37.6 Å². The maximum Gasteiger partial charge on any atom is 0.234 e. The van der Waals surface area contributed by atoms with E-state index in [2.05, 4.69) is 39.0 Å². The molecule has 6 heteroatoms. The Labute approximate surface area is 165 Å². The number of aromatic nitrogens is 1. The highest BCUT2D eigenvalue weighted by atomic mass is 127. The smallest absolute Gasteiger partial charge is 0.234 e. The van der Waals surface area contributed by atoms with Crippen LogP contribution in [0.2, 0.25) is 0 Å². The number of anilines is 1. The van der Waals surface area contributed by atoms with Crippen LogP contribution >= 0.6 is 34.4 Å². The van der Waals surface area contributed by atoms with Crippen molar-refractivity contribution in [1.82, 2.24) is 4.98 Å². The lowest BCUT2D eigenvalue weighted by Crippen LogP contribution is -2.15. The number of amides is 1. The van der Waals surface area contributed by atoms with Crippen molar-refractivity contribution in [2.75, 3.05) is 11.1 Å². The molecule has 3 rings (SSSR count). The van der Waals surface area contributed by atoms with Crippen molar-refractivity contribution in [2.24, 2.45) is 0 Å². The van der Waals surface area contributed by atoms with Gasteiger partial charge in [0, 0.05) is 15.0 Å². The normalized spacial score (nSPS) is 13.0. The van der Waals surface area contributed by atoms with Crippen LogP contribution in [0.1, 0.15) is 35.2 Å². The lowest BCUT2D eigenvalue weighted by molar-refractivity contribution is -0.113. The fourth-order valence-corrected chi connectivity index (χ4v) is 4.31. The molecule has 1 aliphatic rings. The number of carbonyl (C=O) groups excluding carboxylic acids is 1. The Bertz CT molecular complexity index is 860. The van der Waals surface area contributed by atoms with E-state index in [9.17, 15) is 10.1 Å². The summed E-state index contributed by atoms with van der Waals surface area (Å²) in [7, 11) is 0. The number of fused-ring (bicyclic) bond motifs is 1. The second kappa shape index (κ2) is 8.19. The van der Waals surface area contributed by atoms with Gasteiger partial charge in [0.25, 0.3) is 0 Å². The van der Waals surface area contributed by atoms with Crippen molar-refractivity contribution < 1.29 is 4.79 Å². The molecular weight excluding hydrogens is 445 g/mol. The topological polar surface area (TPSA) is 65.8 Å². The first kappa shape index (κ1) is 18.2. The summed E-state index contributed by atoms with van der Waals surface area (Å²) in [6.07, 6.45) is 4.25. The molecule has 0 radical (unpaired) electrons. The summed E-state index contributed by atoms with van der Waals surface area (Å²) in [6, 6.07) is 10.1. The van der Waals surface area contributed by atoms with Gasteiger partial charge in [0.05, 0.1) is 11.3 Å². The van der Waals surface area contributed by atoms with E-state index in [0.29, 0.717) is 10.6 Å². The molecule has 128 valence electrons. The highest BCUT2D eigenvalue weighted by Crippen LogP contribution is 2.27. The highest BCUT2D eigenvalue weighted by Gasteiger charge is 2.16. The number of hydrogen-bond donors (Lipinski definition) is 1. The van der Waals surface area contributed by atoms with Gasteiger partial charge in [0.15, 0.2) is 0 Å². The van der Waals surface area contributed by atoms with Gasteiger partial charge in [0.1, 0.15) is 11.1 Å². The van der Waals surface area contributed by atoms with Gasteiger partial charge in [-0.05, 0) is 90.6 Å². The molecule has 0 fully saturated rings. The minimum Gasteiger partial charge on any atom is -0.325 e. The maximum absolute atomic E-state index is 12.3. The zero-order valence-corrected chi connectivity index (χ0v) is 16.9. The number of thioether (sulfide) groups is 1. The van der Waals surface area contributed by atoms with E-state index in [0.717, 1.165) is 46.2 Å². The van der Waals surface area contributed by atoms with Crippen LogP contribution < -0.4 is 5.32 Å². The first-order valence-electron chi connectivity index (χ1n) is 8.18. The largest absolute Gasteiger partial charge is 0.325 e. The van der Waals surface area contributed by atoms with Crippen LogP contribution in [0.4, 0.5) is 5.69 Å². The van der Waals surface area contributed by atoms with Crippen molar-refractivity contribution in [1.29, 1.82) is 5.26 Å². The number of nitriles is 1. The summed E-state index contributed by atoms with van der Waals surface area (Å²) in [6.45, 7) is 1.98. The quantitative estimate of drug-likeness (QED) is 0.537. The summed E-state index contributed by atoms with van der Waals surface area (Å²) in [4.78, 5) is 16.9. The molecule has 0 atom stereocenters. The van der Waals surface area contributed by atoms with Gasteiger partial charge in [-0.1, -0.05) is 11.8 Å². The first-order valence-corrected chi connectivity index (χ1v) is 10.2. The number of nitrogens with zero attached hydrogens (tertiary/aromatic N) is 2. The Hall–Kier alpha value is -1.59. The summed E-state index contributed by atoms with van der Waals surface area (Å²) in [5, 5.41) is 13.0. The molecule has 0 aliphatic heterocycles. The molecule has 25 heavy (non-hydrogen) atoms. The van der Waals surface area contributed by atoms with E-state index in [1.165, 1.54) is 17.3 Å². The van der Waals surface area contributed by atoms with Crippen LogP contribution in [-0.4, -0.2) is 16.6 Å².